The molecule has 2 unspecified atom stereocenters. The summed E-state index contributed by atoms with van der Waals surface area (Å²) in [7, 11) is 4.54. The molecule has 0 saturated carbocycles. The fourth-order valence-electron chi connectivity index (χ4n) is 4.94. The first kappa shape index (κ1) is 29.9. The van der Waals surface area contributed by atoms with Gasteiger partial charge in [-0.05, 0) is 31.2 Å². The van der Waals surface area contributed by atoms with E-state index in [2.05, 4.69) is 20.6 Å². The van der Waals surface area contributed by atoms with Crippen LogP contribution in [0, 0.1) is 5.82 Å². The molecule has 0 radical (unpaired) electrons. The number of carbonyl (C=O) groups excluding carboxylic acids is 2. The average molecular weight is 607 g/mol. The number of nitrogens with zero attached hydrogens (tertiary/aromatic N) is 4. The molecule has 2 aliphatic heterocycles. The van der Waals surface area contributed by atoms with Crippen LogP contribution in [0.1, 0.15) is 38.3 Å². The molecule has 15 heteroatoms. The summed E-state index contributed by atoms with van der Waals surface area (Å²) in [6, 6.07) is 5.72. The Hall–Kier alpha value is -4.53. The van der Waals surface area contributed by atoms with Crippen molar-refractivity contribution in [3.05, 3.63) is 64.6 Å². The number of aromatic nitrogens is 2. The van der Waals surface area contributed by atoms with Crippen LogP contribution in [0.15, 0.2) is 36.5 Å². The van der Waals surface area contributed by atoms with Crippen molar-refractivity contribution in [3.8, 4) is 17.4 Å². The van der Waals surface area contributed by atoms with Crippen LogP contribution >= 0.6 is 0 Å². The minimum Gasteiger partial charge on any atom is -0.495 e. The van der Waals surface area contributed by atoms with Gasteiger partial charge in [0.1, 0.15) is 29.1 Å². The number of methoxy groups -OCH3 is 1. The lowest BCUT2D eigenvalue weighted by Gasteiger charge is -2.32. The van der Waals surface area contributed by atoms with E-state index in [9.17, 15) is 27.2 Å². The number of hydrogen-bond acceptors (Lipinski definition) is 8. The number of carbonyl (C=O) groups is 2. The van der Waals surface area contributed by atoms with Gasteiger partial charge in [-0.2, -0.15) is 18.2 Å². The maximum absolute atomic E-state index is 15.1. The molecule has 2 amide bonds. The molecular formula is C28H27F5N6O4. The predicted molar refractivity (Wildman–Crippen MR) is 144 cm³/mol. The van der Waals surface area contributed by atoms with Gasteiger partial charge in [0.15, 0.2) is 0 Å². The molecule has 2 N–H and O–H groups in total. The lowest BCUT2D eigenvalue weighted by molar-refractivity contribution is -0.139. The van der Waals surface area contributed by atoms with Crippen LogP contribution in [0.25, 0.3) is 0 Å². The van der Waals surface area contributed by atoms with E-state index in [1.807, 2.05) is 0 Å². The number of likely N-dealkylation sites (tertiary alicyclic amines) is 1. The molecule has 1 fully saturated rings. The Morgan fingerprint density at radius 2 is 1.93 bits per heavy atom. The van der Waals surface area contributed by atoms with E-state index in [-0.39, 0.29) is 35.8 Å². The molecule has 1 saturated heterocycles. The number of hydrogen-bond donors (Lipinski definition) is 2. The highest BCUT2D eigenvalue weighted by Gasteiger charge is 2.38. The summed E-state index contributed by atoms with van der Waals surface area (Å²) >= 11 is 0. The lowest BCUT2D eigenvalue weighted by Crippen LogP contribution is -2.51. The van der Waals surface area contributed by atoms with E-state index in [0.29, 0.717) is 24.7 Å². The van der Waals surface area contributed by atoms with Gasteiger partial charge >= 0.3 is 6.18 Å². The van der Waals surface area contributed by atoms with E-state index in [1.54, 1.807) is 31.1 Å². The summed E-state index contributed by atoms with van der Waals surface area (Å²) in [5, 5.41) is 5.10. The Morgan fingerprint density at radius 3 is 2.63 bits per heavy atom. The summed E-state index contributed by atoms with van der Waals surface area (Å²) in [4.78, 5) is 36.1. The Morgan fingerprint density at radius 1 is 1.16 bits per heavy atom. The second kappa shape index (κ2) is 11.6. The van der Waals surface area contributed by atoms with Gasteiger partial charge in [0.2, 0.25) is 11.8 Å². The quantitative estimate of drug-likeness (QED) is 0.378. The zero-order valence-corrected chi connectivity index (χ0v) is 23.3. The van der Waals surface area contributed by atoms with Gasteiger partial charge in [0, 0.05) is 38.9 Å². The number of anilines is 2. The van der Waals surface area contributed by atoms with Crippen LogP contribution in [-0.4, -0.2) is 78.1 Å². The summed E-state index contributed by atoms with van der Waals surface area (Å²) < 4.78 is 81.8. The molecule has 43 heavy (non-hydrogen) atoms. The molecule has 0 aliphatic carbocycles. The van der Waals surface area contributed by atoms with Crippen LogP contribution in [0.2, 0.25) is 0 Å². The van der Waals surface area contributed by atoms with Crippen molar-refractivity contribution in [1.29, 1.82) is 0 Å². The average Bonchev–Trinajstić information content (AvgIpc) is 3.23. The number of amides is 2. The van der Waals surface area contributed by atoms with Gasteiger partial charge in [0.25, 0.3) is 11.8 Å². The Kier molecular flexibility index (Phi) is 8.10. The Labute approximate surface area is 242 Å². The minimum absolute atomic E-state index is 0.0628. The SMILES string of the molecule is COc1cc(C(=O)NC2CCN(C)CC2F)c(F)cc1Nc1ncc(C(F)(F)F)c(Oc2cccc3c2C(=O)N(C)C3)n1. The van der Waals surface area contributed by atoms with E-state index in [4.69, 9.17) is 9.47 Å². The Bertz CT molecular complexity index is 1570. The van der Waals surface area contributed by atoms with Gasteiger partial charge in [-0.15, -0.1) is 0 Å². The molecule has 1 aromatic heterocycles. The molecule has 5 rings (SSSR count). The third-order valence-corrected chi connectivity index (χ3v) is 7.19. The molecule has 228 valence electrons. The number of fused-ring (bicyclic) bond motifs is 1. The number of halogens is 5. The maximum Gasteiger partial charge on any atom is 0.423 e. The van der Waals surface area contributed by atoms with Crippen LogP contribution in [0.3, 0.4) is 0 Å². The second-order valence-corrected chi connectivity index (χ2v) is 10.3. The molecule has 3 heterocycles. The first-order chi connectivity index (χ1) is 20.3. The number of ether oxygens (including phenoxy) is 2. The van der Waals surface area contributed by atoms with Gasteiger partial charge in [0.05, 0.1) is 30.0 Å². The number of rotatable bonds is 7. The molecule has 10 nitrogen and oxygen atoms in total. The van der Waals surface area contributed by atoms with Crippen LogP contribution in [-0.2, 0) is 12.7 Å². The summed E-state index contributed by atoms with van der Waals surface area (Å²) in [5.74, 6) is -3.77. The first-order valence-corrected chi connectivity index (χ1v) is 13.1. The maximum atomic E-state index is 15.1. The fraction of sp³-hybridized carbons (Fsp3) is 0.357. The lowest BCUT2D eigenvalue weighted by atomic mass is 10.0. The van der Waals surface area contributed by atoms with Crippen molar-refractivity contribution < 1.29 is 41.0 Å². The number of piperidine rings is 1. The summed E-state index contributed by atoms with van der Waals surface area (Å²) in [6.45, 7) is 0.942. The summed E-state index contributed by atoms with van der Waals surface area (Å²) in [5.41, 5.74) is -1.14. The topological polar surface area (TPSA) is 109 Å². The molecule has 3 aromatic rings. The zero-order chi connectivity index (χ0) is 31.1. The van der Waals surface area contributed by atoms with Crippen molar-refractivity contribution in [3.63, 3.8) is 0 Å². The highest BCUT2D eigenvalue weighted by molar-refractivity contribution is 6.01. The first-order valence-electron chi connectivity index (χ1n) is 13.1. The molecule has 2 atom stereocenters. The molecule has 0 bridgehead atoms. The molecular weight excluding hydrogens is 579 g/mol. The van der Waals surface area contributed by atoms with Crippen LogP contribution < -0.4 is 20.1 Å². The second-order valence-electron chi connectivity index (χ2n) is 10.3. The van der Waals surface area contributed by atoms with Gasteiger partial charge in [-0.25, -0.2) is 13.8 Å². The van der Waals surface area contributed by atoms with Crippen molar-refractivity contribution in [2.45, 2.75) is 31.4 Å². The smallest absolute Gasteiger partial charge is 0.423 e. The normalized spacial score (nSPS) is 18.8. The largest absolute Gasteiger partial charge is 0.495 e. The van der Waals surface area contributed by atoms with E-state index in [1.165, 1.54) is 18.1 Å². The number of alkyl halides is 4. The zero-order valence-electron chi connectivity index (χ0n) is 23.3. The van der Waals surface area contributed by atoms with Crippen LogP contribution in [0.4, 0.5) is 33.6 Å². The van der Waals surface area contributed by atoms with Gasteiger partial charge < -0.3 is 29.9 Å². The predicted octanol–water partition coefficient (Wildman–Crippen LogP) is 4.54. The van der Waals surface area contributed by atoms with Crippen molar-refractivity contribution in [2.24, 2.45) is 0 Å². The van der Waals surface area contributed by atoms with E-state index >= 15 is 4.39 Å². The number of nitrogens with one attached hydrogen (secondary N) is 2. The molecule has 2 aromatic carbocycles. The fourth-order valence-corrected chi connectivity index (χ4v) is 4.94. The van der Waals surface area contributed by atoms with Crippen molar-refractivity contribution >= 4 is 23.5 Å². The van der Waals surface area contributed by atoms with Crippen molar-refractivity contribution in [2.75, 3.05) is 39.6 Å². The van der Waals surface area contributed by atoms with Gasteiger partial charge in [-0.3, -0.25) is 9.59 Å². The molecule has 2 aliphatic rings. The van der Waals surface area contributed by atoms with E-state index in [0.717, 1.165) is 12.1 Å². The Balaban J connectivity index is 1.42. The molecule has 0 spiro atoms. The highest BCUT2D eigenvalue weighted by Crippen LogP contribution is 2.40. The standard InChI is InChI=1S/C28H27F5N6O4/c1-38-8-7-19(18(30)13-38)35-24(40)15-9-22(42-3)20(10-17(15)29)36-27-34-11-16(28(31,32)33)25(37-27)43-21-6-4-5-14-12-39(2)26(41)23(14)21/h4-6,9-11,18-19H,7-8,12-13H2,1-3H3,(H,35,40)(H,34,36,37). The van der Waals surface area contributed by atoms with Gasteiger partial charge in [-0.1, -0.05) is 12.1 Å². The monoisotopic (exact) mass is 606 g/mol. The van der Waals surface area contributed by atoms with E-state index < -0.39 is 59.0 Å². The third-order valence-electron chi connectivity index (χ3n) is 7.19. The number of benzene rings is 2. The highest BCUT2D eigenvalue weighted by atomic mass is 19.4. The van der Waals surface area contributed by atoms with Crippen LogP contribution in [0.5, 0.6) is 17.4 Å². The van der Waals surface area contributed by atoms with Crippen molar-refractivity contribution in [1.82, 2.24) is 25.1 Å². The summed E-state index contributed by atoms with van der Waals surface area (Å²) in [6.07, 6.45) is -5.41. The minimum atomic E-state index is -4.90. The third kappa shape index (κ3) is 6.16.